The fourth-order valence-electron chi connectivity index (χ4n) is 2.19. The quantitative estimate of drug-likeness (QED) is 0.563. The van der Waals surface area contributed by atoms with E-state index in [1.807, 2.05) is 11.8 Å². The van der Waals surface area contributed by atoms with E-state index in [1.165, 1.54) is 37.0 Å². The molecule has 1 aromatic rings. The molecule has 0 heterocycles. The Balaban J connectivity index is 1.77. The van der Waals surface area contributed by atoms with Crippen molar-refractivity contribution in [3.05, 3.63) is 30.3 Å². The maximum atomic E-state index is 6.06. The maximum Gasteiger partial charge on any atom is 0.105 e. The van der Waals surface area contributed by atoms with Gasteiger partial charge in [0, 0.05) is 4.90 Å². The molecule has 0 aliphatic heterocycles. The molecule has 1 saturated carbocycles. The van der Waals surface area contributed by atoms with Crippen molar-refractivity contribution in [1.82, 2.24) is 0 Å². The van der Waals surface area contributed by atoms with Gasteiger partial charge in [0.25, 0.3) is 0 Å². The van der Waals surface area contributed by atoms with Crippen molar-refractivity contribution in [2.45, 2.75) is 55.5 Å². The number of thioether (sulfide) groups is 1. The molecule has 1 aliphatic carbocycles. The van der Waals surface area contributed by atoms with Crippen LogP contribution in [0.4, 0.5) is 0 Å². The SMILES string of the molecule is CC(OC1CCCCC1)Sc1ccccc1. The lowest BCUT2D eigenvalue weighted by atomic mass is 9.98. The van der Waals surface area contributed by atoms with Gasteiger partial charge >= 0.3 is 0 Å². The Hall–Kier alpha value is -0.470. The van der Waals surface area contributed by atoms with Gasteiger partial charge in [-0.1, -0.05) is 49.2 Å². The highest BCUT2D eigenvalue weighted by Crippen LogP contribution is 2.28. The predicted octanol–water partition coefficient (Wildman–Crippen LogP) is 4.47. The highest BCUT2D eigenvalue weighted by Gasteiger charge is 2.16. The van der Waals surface area contributed by atoms with Crippen molar-refractivity contribution in [3.63, 3.8) is 0 Å². The van der Waals surface area contributed by atoms with Gasteiger partial charge in [-0.15, -0.1) is 0 Å². The first-order valence-electron chi connectivity index (χ1n) is 6.22. The molecule has 1 nitrogen and oxygen atoms in total. The van der Waals surface area contributed by atoms with Crippen molar-refractivity contribution < 1.29 is 4.74 Å². The number of hydrogen-bond donors (Lipinski definition) is 0. The molecule has 88 valence electrons. The second-order valence-corrected chi connectivity index (χ2v) is 5.77. The van der Waals surface area contributed by atoms with E-state index in [4.69, 9.17) is 4.74 Å². The fraction of sp³-hybridized carbons (Fsp3) is 0.571. The van der Waals surface area contributed by atoms with Gasteiger partial charge in [0.15, 0.2) is 0 Å². The van der Waals surface area contributed by atoms with Crippen LogP contribution in [-0.4, -0.2) is 11.5 Å². The Morgan fingerprint density at radius 2 is 1.81 bits per heavy atom. The second kappa shape index (κ2) is 6.31. The minimum atomic E-state index is 0.269. The molecule has 16 heavy (non-hydrogen) atoms. The summed E-state index contributed by atoms with van der Waals surface area (Å²) in [7, 11) is 0. The molecular formula is C14H20OS. The molecular weight excluding hydrogens is 216 g/mol. The smallest absolute Gasteiger partial charge is 0.105 e. The van der Waals surface area contributed by atoms with Crippen LogP contribution in [0, 0.1) is 0 Å². The van der Waals surface area contributed by atoms with E-state index >= 15 is 0 Å². The second-order valence-electron chi connectivity index (χ2n) is 4.39. The van der Waals surface area contributed by atoms with Gasteiger partial charge in [-0.2, -0.15) is 0 Å². The summed E-state index contributed by atoms with van der Waals surface area (Å²) in [4.78, 5) is 1.30. The molecule has 2 heteroatoms. The van der Waals surface area contributed by atoms with Gasteiger partial charge in [-0.05, 0) is 31.9 Å². The maximum absolute atomic E-state index is 6.06. The van der Waals surface area contributed by atoms with Crippen molar-refractivity contribution >= 4 is 11.8 Å². The number of benzene rings is 1. The van der Waals surface area contributed by atoms with Gasteiger partial charge in [-0.25, -0.2) is 0 Å². The summed E-state index contributed by atoms with van der Waals surface area (Å²) in [5.74, 6) is 0. The Kier molecular flexibility index (Phi) is 4.73. The number of hydrogen-bond acceptors (Lipinski definition) is 2. The molecule has 1 fully saturated rings. The average molecular weight is 236 g/mol. The summed E-state index contributed by atoms with van der Waals surface area (Å²) < 4.78 is 6.06. The molecule has 0 radical (unpaired) electrons. The zero-order valence-corrected chi connectivity index (χ0v) is 10.7. The van der Waals surface area contributed by atoms with Crippen LogP contribution in [0.15, 0.2) is 35.2 Å². The van der Waals surface area contributed by atoms with Gasteiger partial charge in [0.1, 0.15) is 5.44 Å². The van der Waals surface area contributed by atoms with Crippen LogP contribution in [0.1, 0.15) is 39.0 Å². The van der Waals surface area contributed by atoms with Gasteiger partial charge in [0.2, 0.25) is 0 Å². The predicted molar refractivity (Wildman–Crippen MR) is 69.7 cm³/mol. The van der Waals surface area contributed by atoms with E-state index in [-0.39, 0.29) is 5.44 Å². The summed E-state index contributed by atoms with van der Waals surface area (Å²) in [5.41, 5.74) is 0.269. The zero-order valence-electron chi connectivity index (χ0n) is 9.89. The molecule has 0 saturated heterocycles. The monoisotopic (exact) mass is 236 g/mol. The Bertz CT molecular complexity index is 293. The molecule has 0 N–H and O–H groups in total. The van der Waals surface area contributed by atoms with Crippen LogP contribution in [0.2, 0.25) is 0 Å². The highest BCUT2D eigenvalue weighted by molar-refractivity contribution is 7.99. The zero-order chi connectivity index (χ0) is 11.2. The highest BCUT2D eigenvalue weighted by atomic mass is 32.2. The van der Waals surface area contributed by atoms with Crippen molar-refractivity contribution in [2.24, 2.45) is 0 Å². The van der Waals surface area contributed by atoms with E-state index in [0.29, 0.717) is 6.10 Å². The van der Waals surface area contributed by atoms with E-state index in [2.05, 4.69) is 37.3 Å². The lowest BCUT2D eigenvalue weighted by Gasteiger charge is -2.25. The molecule has 0 spiro atoms. The van der Waals surface area contributed by atoms with E-state index in [9.17, 15) is 0 Å². The largest absolute Gasteiger partial charge is 0.364 e. The first-order valence-corrected chi connectivity index (χ1v) is 7.10. The van der Waals surface area contributed by atoms with Crippen molar-refractivity contribution in [3.8, 4) is 0 Å². The summed E-state index contributed by atoms with van der Waals surface area (Å²) >= 11 is 1.81. The first kappa shape index (κ1) is 12.0. The van der Waals surface area contributed by atoms with E-state index in [1.54, 1.807) is 0 Å². The van der Waals surface area contributed by atoms with Crippen molar-refractivity contribution in [2.75, 3.05) is 0 Å². The molecule has 0 bridgehead atoms. The fourth-order valence-corrected chi connectivity index (χ4v) is 3.10. The summed E-state index contributed by atoms with van der Waals surface area (Å²) in [6.45, 7) is 2.16. The Morgan fingerprint density at radius 1 is 1.12 bits per heavy atom. The van der Waals surface area contributed by atoms with Crippen LogP contribution in [-0.2, 0) is 4.74 Å². The lowest BCUT2D eigenvalue weighted by molar-refractivity contribution is 0.0200. The molecule has 0 amide bonds. The summed E-state index contributed by atoms with van der Waals surface area (Å²) in [6.07, 6.45) is 7.07. The van der Waals surface area contributed by atoms with Crippen LogP contribution in [0.3, 0.4) is 0 Å². The standard InChI is InChI=1S/C14H20OS/c1-12(15-13-8-4-2-5-9-13)16-14-10-6-3-7-11-14/h3,6-7,10-13H,2,4-5,8-9H2,1H3. The number of rotatable bonds is 4. The third-order valence-corrected chi connectivity index (χ3v) is 3.97. The minimum absolute atomic E-state index is 0.269. The molecule has 1 aliphatic rings. The van der Waals surface area contributed by atoms with Gasteiger partial charge < -0.3 is 4.74 Å². The summed E-state index contributed by atoms with van der Waals surface area (Å²) in [5, 5.41) is 0. The number of ether oxygens (including phenoxy) is 1. The average Bonchev–Trinajstić information content (AvgIpc) is 2.31. The Labute approximate surface area is 103 Å². The van der Waals surface area contributed by atoms with Crippen LogP contribution in [0.5, 0.6) is 0 Å². The third kappa shape index (κ3) is 3.84. The lowest BCUT2D eigenvalue weighted by Crippen LogP contribution is -2.20. The van der Waals surface area contributed by atoms with E-state index in [0.717, 1.165) is 0 Å². The van der Waals surface area contributed by atoms with Crippen LogP contribution >= 0.6 is 11.8 Å². The van der Waals surface area contributed by atoms with Crippen LogP contribution in [0.25, 0.3) is 0 Å². The summed E-state index contributed by atoms with van der Waals surface area (Å²) in [6, 6.07) is 10.5. The molecule has 1 unspecified atom stereocenters. The van der Waals surface area contributed by atoms with Crippen molar-refractivity contribution in [1.29, 1.82) is 0 Å². The molecule has 2 rings (SSSR count). The Morgan fingerprint density at radius 3 is 2.50 bits per heavy atom. The van der Waals surface area contributed by atoms with Gasteiger partial charge in [-0.3, -0.25) is 0 Å². The molecule has 0 aromatic heterocycles. The normalized spacial score (nSPS) is 19.6. The third-order valence-electron chi connectivity index (χ3n) is 2.98. The molecule has 1 aromatic carbocycles. The van der Waals surface area contributed by atoms with Gasteiger partial charge in [0.05, 0.1) is 6.10 Å². The van der Waals surface area contributed by atoms with E-state index < -0.39 is 0 Å². The van der Waals surface area contributed by atoms with Crippen LogP contribution < -0.4 is 0 Å². The molecule has 1 atom stereocenters. The minimum Gasteiger partial charge on any atom is -0.364 e. The first-order chi connectivity index (χ1) is 7.84. The topological polar surface area (TPSA) is 9.23 Å².